The van der Waals surface area contributed by atoms with E-state index in [1.165, 1.54) is 20.2 Å². The molecule has 0 bridgehead atoms. The molecule has 0 radical (unpaired) electrons. The van der Waals surface area contributed by atoms with E-state index in [0.717, 1.165) is 17.1 Å². The van der Waals surface area contributed by atoms with Crippen LogP contribution >= 0.6 is 15.9 Å². The standard InChI is InChI=1S/C14H20BrN3O3S/c1-17(2)22(20,21)13-6-5-10(8-12(13)15)14(19)18-7-3-4-11(18)9-16/h5-6,8,11H,3-4,7,9,16H2,1-2H3. The highest BCUT2D eigenvalue weighted by Crippen LogP contribution is 2.27. The Hall–Kier alpha value is -0.960. The van der Waals surface area contributed by atoms with Crippen LogP contribution in [0.5, 0.6) is 0 Å². The summed E-state index contributed by atoms with van der Waals surface area (Å²) in [6.07, 6.45) is 1.86. The second kappa shape index (κ2) is 6.66. The Morgan fingerprint density at radius 2 is 2.14 bits per heavy atom. The van der Waals surface area contributed by atoms with E-state index in [2.05, 4.69) is 15.9 Å². The van der Waals surface area contributed by atoms with Gasteiger partial charge in [-0.2, -0.15) is 0 Å². The SMILES string of the molecule is CN(C)S(=O)(=O)c1ccc(C(=O)N2CCCC2CN)cc1Br. The molecule has 1 aliphatic rings. The van der Waals surface area contributed by atoms with Crippen LogP contribution in [0.2, 0.25) is 0 Å². The average molecular weight is 390 g/mol. The third-order valence-corrected chi connectivity index (χ3v) is 6.64. The van der Waals surface area contributed by atoms with Crippen molar-refractivity contribution in [3.05, 3.63) is 28.2 Å². The van der Waals surface area contributed by atoms with Crippen molar-refractivity contribution in [1.82, 2.24) is 9.21 Å². The third kappa shape index (κ3) is 3.19. The summed E-state index contributed by atoms with van der Waals surface area (Å²) in [5.41, 5.74) is 6.16. The molecule has 1 aromatic carbocycles. The zero-order chi connectivity index (χ0) is 16.5. The molecule has 1 amide bonds. The molecule has 2 N–H and O–H groups in total. The molecular formula is C14H20BrN3O3S. The van der Waals surface area contributed by atoms with Crippen molar-refractivity contribution >= 4 is 31.9 Å². The lowest BCUT2D eigenvalue weighted by molar-refractivity contribution is 0.0741. The summed E-state index contributed by atoms with van der Waals surface area (Å²) in [6, 6.07) is 4.64. The summed E-state index contributed by atoms with van der Waals surface area (Å²) in [4.78, 5) is 14.5. The van der Waals surface area contributed by atoms with E-state index in [1.807, 2.05) is 0 Å². The van der Waals surface area contributed by atoms with E-state index < -0.39 is 10.0 Å². The number of hydrogen-bond acceptors (Lipinski definition) is 4. The maximum Gasteiger partial charge on any atom is 0.254 e. The Labute approximate surface area is 139 Å². The van der Waals surface area contributed by atoms with Gasteiger partial charge in [0.2, 0.25) is 10.0 Å². The summed E-state index contributed by atoms with van der Waals surface area (Å²) in [6.45, 7) is 1.13. The fraction of sp³-hybridized carbons (Fsp3) is 0.500. The van der Waals surface area contributed by atoms with Gasteiger partial charge >= 0.3 is 0 Å². The number of nitrogens with two attached hydrogens (primary N) is 1. The normalized spacial score (nSPS) is 19.0. The lowest BCUT2D eigenvalue weighted by Crippen LogP contribution is -2.39. The first-order valence-corrected chi connectivity index (χ1v) is 9.25. The predicted octanol–water partition coefficient (Wildman–Crippen LogP) is 1.26. The monoisotopic (exact) mass is 389 g/mol. The topological polar surface area (TPSA) is 83.7 Å². The minimum Gasteiger partial charge on any atom is -0.334 e. The van der Waals surface area contributed by atoms with Gasteiger partial charge in [0.25, 0.3) is 5.91 Å². The van der Waals surface area contributed by atoms with E-state index in [1.54, 1.807) is 17.0 Å². The lowest BCUT2D eigenvalue weighted by atomic mass is 10.1. The number of hydrogen-bond donors (Lipinski definition) is 1. The molecule has 1 fully saturated rings. The molecule has 22 heavy (non-hydrogen) atoms. The second-order valence-electron chi connectivity index (χ2n) is 5.46. The van der Waals surface area contributed by atoms with Gasteiger partial charge < -0.3 is 10.6 Å². The van der Waals surface area contributed by atoms with Crippen molar-refractivity contribution in [2.75, 3.05) is 27.2 Å². The number of amides is 1. The first-order valence-electron chi connectivity index (χ1n) is 7.02. The van der Waals surface area contributed by atoms with Crippen molar-refractivity contribution in [2.45, 2.75) is 23.8 Å². The quantitative estimate of drug-likeness (QED) is 0.839. The summed E-state index contributed by atoms with van der Waals surface area (Å²) in [5, 5.41) is 0. The molecule has 0 aliphatic carbocycles. The Morgan fingerprint density at radius 1 is 1.45 bits per heavy atom. The van der Waals surface area contributed by atoms with Crippen molar-refractivity contribution in [1.29, 1.82) is 0 Å². The van der Waals surface area contributed by atoms with Crippen LogP contribution in [-0.2, 0) is 10.0 Å². The number of carbonyl (C=O) groups excluding carboxylic acids is 1. The second-order valence-corrected chi connectivity index (χ2v) is 8.44. The van der Waals surface area contributed by atoms with E-state index in [0.29, 0.717) is 23.1 Å². The molecule has 8 heteroatoms. The van der Waals surface area contributed by atoms with Gasteiger partial charge in [-0.05, 0) is 47.0 Å². The summed E-state index contributed by atoms with van der Waals surface area (Å²) < 4.78 is 25.9. The molecule has 1 unspecified atom stereocenters. The number of carbonyl (C=O) groups is 1. The zero-order valence-corrected chi connectivity index (χ0v) is 15.0. The number of sulfonamides is 1. The molecule has 1 aromatic rings. The molecule has 2 rings (SSSR count). The van der Waals surface area contributed by atoms with Gasteiger partial charge in [-0.3, -0.25) is 4.79 Å². The van der Waals surface area contributed by atoms with Crippen LogP contribution < -0.4 is 5.73 Å². The Morgan fingerprint density at radius 3 is 2.68 bits per heavy atom. The highest BCUT2D eigenvalue weighted by atomic mass is 79.9. The van der Waals surface area contributed by atoms with Crippen LogP contribution in [0.4, 0.5) is 0 Å². The summed E-state index contributed by atoms with van der Waals surface area (Å²) in [5.74, 6) is -0.109. The number of nitrogens with zero attached hydrogens (tertiary/aromatic N) is 2. The Balaban J connectivity index is 2.32. The molecule has 0 spiro atoms. The minimum absolute atomic E-state index is 0.0662. The first-order chi connectivity index (χ1) is 10.3. The molecule has 1 atom stereocenters. The van der Waals surface area contributed by atoms with E-state index in [-0.39, 0.29) is 16.8 Å². The highest BCUT2D eigenvalue weighted by molar-refractivity contribution is 9.10. The number of rotatable bonds is 4. The molecule has 1 heterocycles. The summed E-state index contributed by atoms with van der Waals surface area (Å²) in [7, 11) is -0.605. The highest BCUT2D eigenvalue weighted by Gasteiger charge is 2.29. The third-order valence-electron chi connectivity index (χ3n) is 3.85. The van der Waals surface area contributed by atoms with Gasteiger partial charge in [-0.1, -0.05) is 0 Å². The maximum atomic E-state index is 12.6. The minimum atomic E-state index is -3.54. The zero-order valence-electron chi connectivity index (χ0n) is 12.6. The Bertz CT molecular complexity index is 676. The predicted molar refractivity (Wildman–Crippen MR) is 88.1 cm³/mol. The van der Waals surface area contributed by atoms with Gasteiger partial charge in [0.15, 0.2) is 0 Å². The molecule has 0 saturated carbocycles. The van der Waals surface area contributed by atoms with Gasteiger partial charge in [0.05, 0.1) is 4.90 Å². The molecular weight excluding hydrogens is 370 g/mol. The van der Waals surface area contributed by atoms with Crippen LogP contribution in [0, 0.1) is 0 Å². The first kappa shape index (κ1) is 17.4. The maximum absolute atomic E-state index is 12.6. The van der Waals surface area contributed by atoms with Crippen LogP contribution in [-0.4, -0.2) is 56.8 Å². The van der Waals surface area contributed by atoms with E-state index in [4.69, 9.17) is 5.73 Å². The van der Waals surface area contributed by atoms with Crippen LogP contribution in [0.3, 0.4) is 0 Å². The van der Waals surface area contributed by atoms with Crippen molar-refractivity contribution in [3.8, 4) is 0 Å². The fourth-order valence-electron chi connectivity index (χ4n) is 2.55. The van der Waals surface area contributed by atoms with Crippen LogP contribution in [0.15, 0.2) is 27.6 Å². The van der Waals surface area contributed by atoms with Gasteiger partial charge in [-0.25, -0.2) is 12.7 Å². The number of benzene rings is 1. The molecule has 1 saturated heterocycles. The van der Waals surface area contributed by atoms with Crippen LogP contribution in [0.1, 0.15) is 23.2 Å². The number of halogens is 1. The fourth-order valence-corrected chi connectivity index (χ4v) is 4.48. The average Bonchev–Trinajstić information content (AvgIpc) is 2.94. The Kier molecular flexibility index (Phi) is 5.26. The largest absolute Gasteiger partial charge is 0.334 e. The number of likely N-dealkylation sites (tertiary alicyclic amines) is 1. The van der Waals surface area contributed by atoms with Gasteiger partial charge in [-0.15, -0.1) is 0 Å². The van der Waals surface area contributed by atoms with Gasteiger partial charge in [0, 0.05) is 43.3 Å². The molecule has 122 valence electrons. The molecule has 0 aromatic heterocycles. The van der Waals surface area contributed by atoms with Crippen molar-refractivity contribution in [2.24, 2.45) is 5.73 Å². The molecule has 1 aliphatic heterocycles. The van der Waals surface area contributed by atoms with E-state index in [9.17, 15) is 13.2 Å². The van der Waals surface area contributed by atoms with Gasteiger partial charge in [0.1, 0.15) is 0 Å². The van der Waals surface area contributed by atoms with Crippen molar-refractivity contribution < 1.29 is 13.2 Å². The lowest BCUT2D eigenvalue weighted by Gasteiger charge is -2.24. The van der Waals surface area contributed by atoms with E-state index >= 15 is 0 Å². The smallest absolute Gasteiger partial charge is 0.254 e. The summed E-state index contributed by atoms with van der Waals surface area (Å²) >= 11 is 3.26. The van der Waals surface area contributed by atoms with Crippen LogP contribution in [0.25, 0.3) is 0 Å². The molecule has 6 nitrogen and oxygen atoms in total. The van der Waals surface area contributed by atoms with Crippen molar-refractivity contribution in [3.63, 3.8) is 0 Å².